The standard InChI is InChI=1S/C27H31NO7/c1-18-5-3-6-19(2)28(18)26(30)17-34-22-10-7-20(8-11-22)27(31)35-16-23(29)21-9-12-24-25(15-21)33-14-4-13-32-24/h7-12,15,18-19H,3-6,13-14,16-17H2,1-2H3. The van der Waals surface area contributed by atoms with Crippen molar-refractivity contribution in [3.63, 3.8) is 0 Å². The minimum Gasteiger partial charge on any atom is -0.490 e. The van der Waals surface area contributed by atoms with Crippen molar-refractivity contribution in [2.24, 2.45) is 0 Å². The highest BCUT2D eigenvalue weighted by Crippen LogP contribution is 2.30. The fraction of sp³-hybridized carbons (Fsp3) is 0.444. The Morgan fingerprint density at radius 2 is 1.51 bits per heavy atom. The number of carbonyl (C=O) groups excluding carboxylic acids is 3. The lowest BCUT2D eigenvalue weighted by Gasteiger charge is -2.38. The molecule has 8 nitrogen and oxygen atoms in total. The highest BCUT2D eigenvalue weighted by molar-refractivity contribution is 5.99. The van der Waals surface area contributed by atoms with Crippen molar-refractivity contribution < 1.29 is 33.3 Å². The number of hydrogen-bond acceptors (Lipinski definition) is 7. The molecule has 2 aliphatic heterocycles. The van der Waals surface area contributed by atoms with E-state index >= 15 is 0 Å². The molecule has 0 aromatic heterocycles. The number of benzene rings is 2. The predicted octanol–water partition coefficient (Wildman–Crippen LogP) is 4.06. The molecule has 1 amide bonds. The Labute approximate surface area is 205 Å². The van der Waals surface area contributed by atoms with Crippen LogP contribution in [0.4, 0.5) is 0 Å². The molecular formula is C27H31NO7. The van der Waals surface area contributed by atoms with E-state index in [0.29, 0.717) is 36.0 Å². The maximum Gasteiger partial charge on any atom is 0.338 e. The zero-order chi connectivity index (χ0) is 24.8. The molecule has 2 heterocycles. The quantitative estimate of drug-likeness (QED) is 0.435. The van der Waals surface area contributed by atoms with Crippen molar-refractivity contribution in [3.8, 4) is 17.2 Å². The molecule has 1 saturated heterocycles. The molecule has 186 valence electrons. The Hall–Kier alpha value is -3.55. The summed E-state index contributed by atoms with van der Waals surface area (Å²) in [7, 11) is 0. The fourth-order valence-electron chi connectivity index (χ4n) is 4.45. The summed E-state index contributed by atoms with van der Waals surface area (Å²) in [4.78, 5) is 39.4. The van der Waals surface area contributed by atoms with Gasteiger partial charge < -0.3 is 23.8 Å². The molecular weight excluding hydrogens is 450 g/mol. The number of hydrogen-bond donors (Lipinski definition) is 0. The van der Waals surface area contributed by atoms with Gasteiger partial charge in [0, 0.05) is 24.1 Å². The van der Waals surface area contributed by atoms with Gasteiger partial charge in [-0.1, -0.05) is 0 Å². The predicted molar refractivity (Wildman–Crippen MR) is 128 cm³/mol. The molecule has 0 bridgehead atoms. The monoisotopic (exact) mass is 481 g/mol. The van der Waals surface area contributed by atoms with Crippen LogP contribution in [0, 0.1) is 0 Å². The molecule has 0 aliphatic carbocycles. The van der Waals surface area contributed by atoms with E-state index in [4.69, 9.17) is 18.9 Å². The number of carbonyl (C=O) groups is 3. The average Bonchev–Trinajstić information content (AvgIpc) is 3.11. The smallest absolute Gasteiger partial charge is 0.338 e. The van der Waals surface area contributed by atoms with Gasteiger partial charge in [0.05, 0.1) is 18.8 Å². The van der Waals surface area contributed by atoms with Crippen LogP contribution in [0.1, 0.15) is 60.2 Å². The maximum atomic E-state index is 12.6. The molecule has 8 heteroatoms. The number of Topliss-reactive ketones (excluding diaryl/α,β-unsaturated/α-hetero) is 1. The minimum atomic E-state index is -0.619. The van der Waals surface area contributed by atoms with Crippen LogP contribution in [0.15, 0.2) is 42.5 Å². The van der Waals surface area contributed by atoms with Gasteiger partial charge in [-0.25, -0.2) is 4.79 Å². The lowest BCUT2D eigenvalue weighted by molar-refractivity contribution is -0.139. The second-order valence-electron chi connectivity index (χ2n) is 8.95. The molecule has 0 spiro atoms. The summed E-state index contributed by atoms with van der Waals surface area (Å²) in [6.07, 6.45) is 3.91. The van der Waals surface area contributed by atoms with E-state index in [1.807, 2.05) is 4.90 Å². The van der Waals surface area contributed by atoms with Crippen LogP contribution in [-0.2, 0) is 9.53 Å². The number of rotatable bonds is 7. The highest BCUT2D eigenvalue weighted by atomic mass is 16.5. The van der Waals surface area contributed by atoms with Gasteiger partial charge in [0.2, 0.25) is 0 Å². The molecule has 2 aromatic rings. The molecule has 35 heavy (non-hydrogen) atoms. The molecule has 2 aromatic carbocycles. The minimum absolute atomic E-state index is 0.0403. The van der Waals surface area contributed by atoms with Gasteiger partial charge in [-0.2, -0.15) is 0 Å². The Kier molecular flexibility index (Phi) is 7.90. The van der Waals surface area contributed by atoms with Crippen LogP contribution in [0.25, 0.3) is 0 Å². The van der Waals surface area contributed by atoms with Gasteiger partial charge in [0.25, 0.3) is 5.91 Å². The third-order valence-corrected chi connectivity index (χ3v) is 6.34. The average molecular weight is 482 g/mol. The van der Waals surface area contributed by atoms with Crippen LogP contribution in [-0.4, -0.2) is 61.1 Å². The number of amides is 1. The number of fused-ring (bicyclic) bond motifs is 1. The summed E-state index contributed by atoms with van der Waals surface area (Å²) in [5.41, 5.74) is 0.668. The molecule has 0 saturated carbocycles. The maximum absolute atomic E-state index is 12.6. The van der Waals surface area contributed by atoms with E-state index in [2.05, 4.69) is 13.8 Å². The first kappa shape index (κ1) is 24.6. The number of ketones is 1. The van der Waals surface area contributed by atoms with Crippen molar-refractivity contribution in [1.29, 1.82) is 0 Å². The zero-order valence-corrected chi connectivity index (χ0v) is 20.2. The van der Waals surface area contributed by atoms with E-state index < -0.39 is 12.6 Å². The lowest BCUT2D eigenvalue weighted by atomic mass is 9.97. The topological polar surface area (TPSA) is 91.4 Å². The Bertz CT molecular complexity index is 1060. The van der Waals surface area contributed by atoms with Crippen molar-refractivity contribution in [1.82, 2.24) is 4.90 Å². The van der Waals surface area contributed by atoms with Gasteiger partial charge in [-0.05, 0) is 75.6 Å². The van der Waals surface area contributed by atoms with Crippen molar-refractivity contribution in [2.45, 2.75) is 51.6 Å². The molecule has 2 atom stereocenters. The van der Waals surface area contributed by atoms with Gasteiger partial charge >= 0.3 is 5.97 Å². The highest BCUT2D eigenvalue weighted by Gasteiger charge is 2.29. The fourth-order valence-corrected chi connectivity index (χ4v) is 4.45. The summed E-state index contributed by atoms with van der Waals surface area (Å²) in [6.45, 7) is 4.76. The summed E-state index contributed by atoms with van der Waals surface area (Å²) in [5.74, 6) is 0.592. The Balaban J connectivity index is 1.27. The van der Waals surface area contributed by atoms with Crippen LogP contribution in [0.3, 0.4) is 0 Å². The lowest BCUT2D eigenvalue weighted by Crippen LogP contribution is -2.49. The molecule has 0 radical (unpaired) electrons. The Morgan fingerprint density at radius 3 is 2.23 bits per heavy atom. The number of piperidine rings is 1. The van der Waals surface area contributed by atoms with Gasteiger partial charge in [0.15, 0.2) is 30.5 Å². The molecule has 2 unspecified atom stereocenters. The van der Waals surface area contributed by atoms with Gasteiger partial charge in [-0.3, -0.25) is 9.59 Å². The zero-order valence-electron chi connectivity index (χ0n) is 20.2. The first-order chi connectivity index (χ1) is 16.9. The third-order valence-electron chi connectivity index (χ3n) is 6.34. The SMILES string of the molecule is CC1CCCC(C)N1C(=O)COc1ccc(C(=O)OCC(=O)c2ccc3c(c2)OCCCO3)cc1. The van der Waals surface area contributed by atoms with Crippen LogP contribution < -0.4 is 14.2 Å². The van der Waals surface area contributed by atoms with E-state index in [1.54, 1.807) is 42.5 Å². The number of likely N-dealkylation sites (tertiary alicyclic amines) is 1. The van der Waals surface area contributed by atoms with Crippen molar-refractivity contribution in [3.05, 3.63) is 53.6 Å². The summed E-state index contributed by atoms with van der Waals surface area (Å²) in [6, 6.07) is 11.7. The van der Waals surface area contributed by atoms with Crippen LogP contribution >= 0.6 is 0 Å². The van der Waals surface area contributed by atoms with E-state index in [-0.39, 0.29) is 35.9 Å². The Morgan fingerprint density at radius 1 is 0.857 bits per heavy atom. The van der Waals surface area contributed by atoms with Crippen molar-refractivity contribution in [2.75, 3.05) is 26.4 Å². The summed E-state index contributed by atoms with van der Waals surface area (Å²) in [5, 5.41) is 0. The van der Waals surface area contributed by atoms with E-state index in [9.17, 15) is 14.4 Å². The van der Waals surface area contributed by atoms with Gasteiger partial charge in [0.1, 0.15) is 5.75 Å². The molecule has 4 rings (SSSR count). The summed E-state index contributed by atoms with van der Waals surface area (Å²) < 4.78 is 22.0. The first-order valence-electron chi connectivity index (χ1n) is 12.1. The normalized spacial score (nSPS) is 19.4. The second-order valence-corrected chi connectivity index (χ2v) is 8.95. The number of esters is 1. The van der Waals surface area contributed by atoms with Crippen LogP contribution in [0.5, 0.6) is 17.2 Å². The number of ether oxygens (including phenoxy) is 4. The van der Waals surface area contributed by atoms with E-state index in [0.717, 1.165) is 25.7 Å². The molecule has 0 N–H and O–H groups in total. The summed E-state index contributed by atoms with van der Waals surface area (Å²) >= 11 is 0. The molecule has 2 aliphatic rings. The first-order valence-corrected chi connectivity index (χ1v) is 12.1. The molecule has 1 fully saturated rings. The third kappa shape index (κ3) is 6.12. The largest absolute Gasteiger partial charge is 0.490 e. The van der Waals surface area contributed by atoms with Crippen LogP contribution in [0.2, 0.25) is 0 Å². The number of nitrogens with zero attached hydrogens (tertiary/aromatic N) is 1. The van der Waals surface area contributed by atoms with Gasteiger partial charge in [-0.15, -0.1) is 0 Å². The van der Waals surface area contributed by atoms with Crippen molar-refractivity contribution >= 4 is 17.7 Å². The second kappa shape index (κ2) is 11.3. The van der Waals surface area contributed by atoms with E-state index in [1.165, 1.54) is 0 Å².